The molecule has 3 rings (SSSR count). The summed E-state index contributed by atoms with van der Waals surface area (Å²) in [5.74, 6) is -0.549. The number of aliphatic imine (C=N–C) groups is 1. The van der Waals surface area contributed by atoms with Crippen molar-refractivity contribution in [1.82, 2.24) is 4.72 Å². The van der Waals surface area contributed by atoms with E-state index in [0.29, 0.717) is 30.9 Å². The van der Waals surface area contributed by atoms with Crippen LogP contribution in [-0.4, -0.2) is 39.3 Å². The predicted octanol–water partition coefficient (Wildman–Crippen LogP) is 3.11. The van der Waals surface area contributed by atoms with Crippen molar-refractivity contribution >= 4 is 44.8 Å². The van der Waals surface area contributed by atoms with E-state index in [0.717, 1.165) is 24.8 Å². The van der Waals surface area contributed by atoms with Gasteiger partial charge in [0.05, 0.1) is 4.90 Å². The third-order valence-electron chi connectivity index (χ3n) is 4.62. The highest BCUT2D eigenvalue weighted by Crippen LogP contribution is 2.17. The Balaban J connectivity index is 1.51. The maximum atomic E-state index is 12.7. The van der Waals surface area contributed by atoms with E-state index in [9.17, 15) is 18.0 Å². The lowest BCUT2D eigenvalue weighted by Crippen LogP contribution is -2.30. The summed E-state index contributed by atoms with van der Waals surface area (Å²) in [4.78, 5) is 28.2. The Morgan fingerprint density at radius 1 is 1.16 bits per heavy atom. The van der Waals surface area contributed by atoms with Gasteiger partial charge in [0.1, 0.15) is 5.84 Å². The number of benzene rings is 1. The van der Waals surface area contributed by atoms with Crippen LogP contribution in [0.5, 0.6) is 0 Å². The topological polar surface area (TPSA) is 114 Å². The van der Waals surface area contributed by atoms with E-state index in [1.807, 2.05) is 16.8 Å². The lowest BCUT2D eigenvalue weighted by Gasteiger charge is -2.11. The normalized spacial score (nSPS) is 14.3. The Hall–Kier alpha value is -2.72. The molecule has 2 aromatic rings. The number of hydrogen-bond donors (Lipinski definition) is 2. The molecular weight excluding hydrogens is 438 g/mol. The first-order valence-corrected chi connectivity index (χ1v) is 12.5. The van der Waals surface area contributed by atoms with Crippen molar-refractivity contribution in [2.45, 2.75) is 43.4 Å². The van der Waals surface area contributed by atoms with Crippen LogP contribution in [0.25, 0.3) is 0 Å². The number of carbonyl (C=O) groups excluding carboxylic acids is 2. The molecular formula is C21H25N3O5S2. The molecule has 0 atom stereocenters. The van der Waals surface area contributed by atoms with Crippen molar-refractivity contribution in [1.29, 1.82) is 0 Å². The van der Waals surface area contributed by atoms with Gasteiger partial charge in [0.25, 0.3) is 15.9 Å². The number of rotatable bonds is 8. The average molecular weight is 464 g/mol. The van der Waals surface area contributed by atoms with Crippen LogP contribution in [0.2, 0.25) is 0 Å². The summed E-state index contributed by atoms with van der Waals surface area (Å²) in [7, 11) is -3.81. The van der Waals surface area contributed by atoms with Crippen LogP contribution in [0.1, 0.15) is 37.7 Å². The molecule has 0 spiro atoms. The van der Waals surface area contributed by atoms with Crippen molar-refractivity contribution in [2.24, 2.45) is 4.99 Å². The molecule has 0 radical (unpaired) electrons. The SMILES string of the molecule is O=C(COC(=O)CCc1ccsc1)Nc1cccc(S(=O)(=O)NC2=NCCCCC2)c1. The van der Waals surface area contributed by atoms with Gasteiger partial charge in [-0.15, -0.1) is 0 Å². The molecule has 2 N–H and O–H groups in total. The zero-order chi connectivity index (χ0) is 22.1. The summed E-state index contributed by atoms with van der Waals surface area (Å²) in [5, 5.41) is 6.45. The molecule has 0 unspecified atom stereocenters. The van der Waals surface area contributed by atoms with Gasteiger partial charge in [-0.3, -0.25) is 19.3 Å². The number of esters is 1. The Bertz CT molecular complexity index is 1030. The summed E-state index contributed by atoms with van der Waals surface area (Å²) in [6.45, 7) is 0.175. The maximum Gasteiger partial charge on any atom is 0.306 e. The summed E-state index contributed by atoms with van der Waals surface area (Å²) in [6.07, 6.45) is 4.20. The van der Waals surface area contributed by atoms with Crippen LogP contribution in [0.3, 0.4) is 0 Å². The first kappa shape index (κ1) is 23.0. The zero-order valence-corrected chi connectivity index (χ0v) is 18.6. The van der Waals surface area contributed by atoms with Crippen molar-refractivity contribution in [3.63, 3.8) is 0 Å². The lowest BCUT2D eigenvalue weighted by atomic mass is 10.2. The van der Waals surface area contributed by atoms with Crippen molar-refractivity contribution in [2.75, 3.05) is 18.5 Å². The second kappa shape index (κ2) is 11.1. The number of anilines is 1. The summed E-state index contributed by atoms with van der Waals surface area (Å²) in [6, 6.07) is 7.84. The fourth-order valence-electron chi connectivity index (χ4n) is 3.01. The van der Waals surface area contributed by atoms with Crippen LogP contribution in [-0.2, 0) is 30.8 Å². The average Bonchev–Trinajstić information content (AvgIpc) is 3.14. The monoisotopic (exact) mass is 463 g/mol. The third kappa shape index (κ3) is 7.48. The molecule has 8 nitrogen and oxygen atoms in total. The van der Waals surface area contributed by atoms with E-state index < -0.39 is 28.5 Å². The first-order valence-electron chi connectivity index (χ1n) is 10.1. The molecule has 166 valence electrons. The highest BCUT2D eigenvalue weighted by atomic mass is 32.2. The molecule has 0 saturated heterocycles. The number of amidine groups is 1. The van der Waals surface area contributed by atoms with E-state index in [4.69, 9.17) is 4.74 Å². The van der Waals surface area contributed by atoms with Gasteiger partial charge in [0, 0.05) is 25.1 Å². The van der Waals surface area contributed by atoms with Gasteiger partial charge in [-0.1, -0.05) is 12.5 Å². The number of ether oxygens (including phenoxy) is 1. The number of thiophene rings is 1. The molecule has 0 bridgehead atoms. The van der Waals surface area contributed by atoms with E-state index in [-0.39, 0.29) is 11.3 Å². The van der Waals surface area contributed by atoms with Crippen molar-refractivity contribution in [3.05, 3.63) is 46.7 Å². The highest BCUT2D eigenvalue weighted by molar-refractivity contribution is 7.90. The van der Waals surface area contributed by atoms with Gasteiger partial charge in [0.15, 0.2) is 6.61 Å². The molecule has 0 fully saturated rings. The van der Waals surface area contributed by atoms with Crippen molar-refractivity contribution in [3.8, 4) is 0 Å². The molecule has 2 heterocycles. The van der Waals surface area contributed by atoms with Gasteiger partial charge in [0.2, 0.25) is 0 Å². The van der Waals surface area contributed by atoms with Gasteiger partial charge in [-0.05, 0) is 59.9 Å². The molecule has 10 heteroatoms. The summed E-state index contributed by atoms with van der Waals surface area (Å²) < 4.78 is 32.9. The number of amides is 1. The minimum absolute atomic E-state index is 0.0185. The number of carbonyl (C=O) groups is 2. The maximum absolute atomic E-state index is 12.7. The Morgan fingerprint density at radius 3 is 2.84 bits per heavy atom. The number of hydrogen-bond acceptors (Lipinski definition) is 7. The highest BCUT2D eigenvalue weighted by Gasteiger charge is 2.18. The third-order valence-corrected chi connectivity index (χ3v) is 6.73. The van der Waals surface area contributed by atoms with Gasteiger partial charge < -0.3 is 10.1 Å². The van der Waals surface area contributed by atoms with E-state index in [1.54, 1.807) is 17.4 Å². The van der Waals surface area contributed by atoms with Crippen LogP contribution >= 0.6 is 11.3 Å². The molecule has 1 aromatic heterocycles. The molecule has 31 heavy (non-hydrogen) atoms. The Morgan fingerprint density at radius 2 is 2.03 bits per heavy atom. The number of sulfonamides is 1. The molecule has 1 aromatic carbocycles. The van der Waals surface area contributed by atoms with Crippen molar-refractivity contribution < 1.29 is 22.7 Å². The minimum atomic E-state index is -3.81. The molecule has 0 saturated carbocycles. The van der Waals surface area contributed by atoms with Crippen LogP contribution < -0.4 is 10.0 Å². The Labute approximate surface area is 185 Å². The summed E-state index contributed by atoms with van der Waals surface area (Å²) >= 11 is 1.55. The second-order valence-electron chi connectivity index (χ2n) is 7.11. The molecule has 1 aliphatic rings. The molecule has 1 amide bonds. The fourth-order valence-corrected chi connectivity index (χ4v) is 4.85. The van der Waals surface area contributed by atoms with Crippen LogP contribution in [0, 0.1) is 0 Å². The van der Waals surface area contributed by atoms with E-state index in [2.05, 4.69) is 15.0 Å². The molecule has 1 aliphatic heterocycles. The lowest BCUT2D eigenvalue weighted by molar-refractivity contribution is -0.147. The zero-order valence-electron chi connectivity index (χ0n) is 17.0. The minimum Gasteiger partial charge on any atom is -0.456 e. The van der Waals surface area contributed by atoms with Gasteiger partial charge >= 0.3 is 5.97 Å². The number of nitrogens with zero attached hydrogens (tertiary/aromatic N) is 1. The van der Waals surface area contributed by atoms with E-state index >= 15 is 0 Å². The number of nitrogens with one attached hydrogen (secondary N) is 2. The quantitative estimate of drug-likeness (QED) is 0.584. The van der Waals surface area contributed by atoms with Crippen LogP contribution in [0.4, 0.5) is 5.69 Å². The van der Waals surface area contributed by atoms with Gasteiger partial charge in [-0.25, -0.2) is 8.42 Å². The van der Waals surface area contributed by atoms with E-state index in [1.165, 1.54) is 18.2 Å². The fraction of sp³-hybridized carbons (Fsp3) is 0.381. The second-order valence-corrected chi connectivity index (χ2v) is 9.58. The van der Waals surface area contributed by atoms with Crippen LogP contribution in [0.15, 0.2) is 51.0 Å². The largest absolute Gasteiger partial charge is 0.456 e. The Kier molecular flexibility index (Phi) is 8.19. The standard InChI is InChI=1S/C21H25N3O5S2/c25-20(14-29-21(26)9-8-16-10-12-30-15-16)23-17-5-4-6-18(13-17)31(27,28)24-19-7-2-1-3-11-22-19/h4-6,10,12-13,15H,1-3,7-9,11,14H2,(H,22,24)(H,23,25). The number of aryl methyl sites for hydroxylation is 1. The smallest absolute Gasteiger partial charge is 0.306 e. The predicted molar refractivity (Wildman–Crippen MR) is 120 cm³/mol. The molecule has 0 aliphatic carbocycles. The van der Waals surface area contributed by atoms with Gasteiger partial charge in [-0.2, -0.15) is 11.3 Å². The first-order chi connectivity index (χ1) is 14.9. The summed E-state index contributed by atoms with van der Waals surface area (Å²) in [5.41, 5.74) is 1.35.